The van der Waals surface area contributed by atoms with Gasteiger partial charge in [-0.25, -0.2) is 12.8 Å². The van der Waals surface area contributed by atoms with E-state index in [1.54, 1.807) is 12.1 Å². The average Bonchev–Trinajstić information content (AvgIpc) is 2.94. The van der Waals surface area contributed by atoms with E-state index in [4.69, 9.17) is 0 Å². The highest BCUT2D eigenvalue weighted by atomic mass is 32.2. The van der Waals surface area contributed by atoms with Crippen LogP contribution in [0.1, 0.15) is 47.6 Å². The number of hydrogen-bond donors (Lipinski definition) is 1. The lowest BCUT2D eigenvalue weighted by Gasteiger charge is -2.29. The summed E-state index contributed by atoms with van der Waals surface area (Å²) in [5, 5.41) is 2.51. The Labute approximate surface area is 159 Å². The topological polar surface area (TPSA) is 66.5 Å². The van der Waals surface area contributed by atoms with Gasteiger partial charge in [0.1, 0.15) is 5.82 Å². The van der Waals surface area contributed by atoms with Gasteiger partial charge in [0.15, 0.2) is 0 Å². The lowest BCUT2D eigenvalue weighted by molar-refractivity contribution is 0.0963. The van der Waals surface area contributed by atoms with Gasteiger partial charge in [0.2, 0.25) is 10.0 Å². The first-order valence-corrected chi connectivity index (χ1v) is 10.5. The number of rotatable bonds is 4. The number of nitrogens with zero attached hydrogens (tertiary/aromatic N) is 1. The summed E-state index contributed by atoms with van der Waals surface area (Å²) >= 11 is 0. The highest BCUT2D eigenvalue weighted by molar-refractivity contribution is 7.89. The van der Waals surface area contributed by atoms with Crippen LogP contribution in [0.25, 0.3) is 0 Å². The molecule has 5 nitrogen and oxygen atoms in total. The van der Waals surface area contributed by atoms with Gasteiger partial charge in [-0.05, 0) is 54.8 Å². The first-order valence-electron chi connectivity index (χ1n) is 9.03. The molecule has 0 radical (unpaired) electrons. The van der Waals surface area contributed by atoms with Gasteiger partial charge in [-0.2, -0.15) is 4.31 Å². The predicted molar refractivity (Wildman–Crippen MR) is 101 cm³/mol. The molecule has 1 fully saturated rings. The van der Waals surface area contributed by atoms with Crippen molar-refractivity contribution in [2.45, 2.75) is 36.6 Å². The molecule has 0 spiro atoms. The lowest BCUT2D eigenvalue weighted by atomic mass is 10.0. The molecule has 7 heteroatoms. The minimum absolute atomic E-state index is 0.137. The number of carbonyl (C=O) groups excluding carboxylic acids is 1. The Bertz CT molecular complexity index is 913. The molecule has 1 heterocycles. The zero-order chi connectivity index (χ0) is 19.4. The maximum atomic E-state index is 13.7. The number of hydrogen-bond acceptors (Lipinski definition) is 3. The van der Waals surface area contributed by atoms with Crippen molar-refractivity contribution in [1.29, 1.82) is 0 Å². The molecular weight excluding hydrogens is 367 g/mol. The van der Waals surface area contributed by atoms with E-state index >= 15 is 0 Å². The average molecular weight is 390 g/mol. The van der Waals surface area contributed by atoms with Gasteiger partial charge in [0.05, 0.1) is 10.9 Å². The first kappa shape index (κ1) is 19.5. The van der Waals surface area contributed by atoms with Gasteiger partial charge in [0.25, 0.3) is 5.91 Å². The summed E-state index contributed by atoms with van der Waals surface area (Å²) in [6.45, 7) is 0.390. The van der Waals surface area contributed by atoms with E-state index in [2.05, 4.69) is 5.32 Å². The molecule has 1 unspecified atom stereocenters. The fourth-order valence-electron chi connectivity index (χ4n) is 3.47. The Hall–Kier alpha value is -2.25. The summed E-state index contributed by atoms with van der Waals surface area (Å²) in [7, 11) is -2.24. The van der Waals surface area contributed by atoms with E-state index < -0.39 is 16.1 Å². The summed E-state index contributed by atoms with van der Waals surface area (Å²) in [4.78, 5) is 11.8. The lowest BCUT2D eigenvalue weighted by Crippen LogP contribution is -2.35. The summed E-state index contributed by atoms with van der Waals surface area (Å²) < 4.78 is 41.8. The van der Waals surface area contributed by atoms with Gasteiger partial charge in [0, 0.05) is 19.2 Å². The van der Waals surface area contributed by atoms with Crippen molar-refractivity contribution in [3.05, 3.63) is 65.5 Å². The molecule has 0 aromatic heterocycles. The zero-order valence-corrected chi connectivity index (χ0v) is 16.0. The van der Waals surface area contributed by atoms with Gasteiger partial charge < -0.3 is 5.32 Å². The largest absolute Gasteiger partial charge is 0.355 e. The van der Waals surface area contributed by atoms with Crippen molar-refractivity contribution >= 4 is 15.9 Å². The highest BCUT2D eigenvalue weighted by Gasteiger charge is 2.33. The normalized spacial score (nSPS) is 18.7. The van der Waals surface area contributed by atoms with E-state index in [9.17, 15) is 17.6 Å². The first-order chi connectivity index (χ1) is 12.9. The van der Waals surface area contributed by atoms with E-state index in [1.165, 1.54) is 47.8 Å². The molecule has 1 atom stereocenters. The van der Waals surface area contributed by atoms with Crippen LogP contribution >= 0.6 is 0 Å². The third-order valence-corrected chi connectivity index (χ3v) is 6.81. The molecule has 1 amide bonds. The molecule has 1 saturated heterocycles. The third-order valence-electron chi connectivity index (χ3n) is 4.89. The van der Waals surface area contributed by atoms with Crippen LogP contribution in [-0.4, -0.2) is 32.2 Å². The summed E-state index contributed by atoms with van der Waals surface area (Å²) in [6, 6.07) is 11.7. The van der Waals surface area contributed by atoms with Crippen molar-refractivity contribution in [1.82, 2.24) is 9.62 Å². The van der Waals surface area contributed by atoms with Crippen LogP contribution in [0, 0.1) is 5.82 Å². The molecule has 0 aliphatic carbocycles. The summed E-state index contributed by atoms with van der Waals surface area (Å²) in [6.07, 6.45) is 3.25. The number of halogens is 1. The second-order valence-corrected chi connectivity index (χ2v) is 8.53. The van der Waals surface area contributed by atoms with E-state index in [1.807, 2.05) is 0 Å². The van der Waals surface area contributed by atoms with Crippen LogP contribution in [0.3, 0.4) is 0 Å². The van der Waals surface area contributed by atoms with Crippen molar-refractivity contribution in [3.8, 4) is 0 Å². The Kier molecular flexibility index (Phi) is 5.92. The molecule has 27 heavy (non-hydrogen) atoms. The fraction of sp³-hybridized carbons (Fsp3) is 0.350. The molecule has 2 aromatic rings. The molecule has 0 bridgehead atoms. The van der Waals surface area contributed by atoms with Crippen LogP contribution < -0.4 is 5.32 Å². The molecule has 1 aliphatic rings. The summed E-state index contributed by atoms with van der Waals surface area (Å²) in [5.74, 6) is -0.643. The Balaban J connectivity index is 1.97. The molecule has 0 saturated carbocycles. The Morgan fingerprint density at radius 1 is 1.11 bits per heavy atom. The number of carbonyl (C=O) groups is 1. The van der Waals surface area contributed by atoms with E-state index in [0.29, 0.717) is 24.1 Å². The molecule has 1 N–H and O–H groups in total. The monoisotopic (exact) mass is 390 g/mol. The zero-order valence-electron chi connectivity index (χ0n) is 15.2. The molecule has 144 valence electrons. The van der Waals surface area contributed by atoms with E-state index in [0.717, 1.165) is 19.3 Å². The molecule has 1 aliphatic heterocycles. The third kappa shape index (κ3) is 4.20. The maximum absolute atomic E-state index is 13.7. The van der Waals surface area contributed by atoms with Gasteiger partial charge in [-0.3, -0.25) is 4.79 Å². The van der Waals surface area contributed by atoms with Crippen LogP contribution in [0.15, 0.2) is 53.4 Å². The van der Waals surface area contributed by atoms with Crippen molar-refractivity contribution < 1.29 is 17.6 Å². The van der Waals surface area contributed by atoms with Crippen LogP contribution in [0.5, 0.6) is 0 Å². The molecular formula is C20H23FN2O3S. The molecule has 2 aromatic carbocycles. The quantitative estimate of drug-likeness (QED) is 0.869. The molecule has 3 rings (SSSR count). The second kappa shape index (κ2) is 8.19. The number of sulfonamides is 1. The number of amides is 1. The van der Waals surface area contributed by atoms with Crippen LogP contribution in [0.2, 0.25) is 0 Å². The minimum atomic E-state index is -3.77. The Morgan fingerprint density at radius 2 is 1.85 bits per heavy atom. The number of nitrogens with one attached hydrogen (secondary N) is 1. The minimum Gasteiger partial charge on any atom is -0.355 e. The number of benzene rings is 2. The second-order valence-electron chi connectivity index (χ2n) is 6.64. The van der Waals surface area contributed by atoms with Gasteiger partial charge in [-0.15, -0.1) is 0 Å². The van der Waals surface area contributed by atoms with Gasteiger partial charge in [-0.1, -0.05) is 25.0 Å². The fourth-order valence-corrected chi connectivity index (χ4v) is 5.16. The van der Waals surface area contributed by atoms with Crippen LogP contribution in [-0.2, 0) is 10.0 Å². The van der Waals surface area contributed by atoms with Crippen molar-refractivity contribution in [2.24, 2.45) is 0 Å². The summed E-state index contributed by atoms with van der Waals surface area (Å²) in [5.41, 5.74) is 1.07. The Morgan fingerprint density at radius 3 is 2.52 bits per heavy atom. The van der Waals surface area contributed by atoms with E-state index in [-0.39, 0.29) is 16.6 Å². The highest BCUT2D eigenvalue weighted by Crippen LogP contribution is 2.34. The SMILES string of the molecule is CNC(=O)c1ccc(S(=O)(=O)N2CCCCCC2c2cccc(F)c2)cc1. The standard InChI is InChI=1S/C20H23FN2O3S/c1-22-20(24)15-9-11-18(12-10-15)27(25,26)23-13-4-2-3-8-19(23)16-6-5-7-17(21)14-16/h5-7,9-12,14,19H,2-4,8,13H2,1H3,(H,22,24). The smallest absolute Gasteiger partial charge is 0.251 e. The van der Waals surface area contributed by atoms with Crippen molar-refractivity contribution in [2.75, 3.05) is 13.6 Å². The maximum Gasteiger partial charge on any atom is 0.251 e. The van der Waals surface area contributed by atoms with Crippen molar-refractivity contribution in [3.63, 3.8) is 0 Å². The van der Waals surface area contributed by atoms with Gasteiger partial charge >= 0.3 is 0 Å². The van der Waals surface area contributed by atoms with Crippen LogP contribution in [0.4, 0.5) is 4.39 Å². The predicted octanol–water partition coefficient (Wildman–Crippen LogP) is 3.49.